The van der Waals surface area contributed by atoms with Gasteiger partial charge in [-0.3, -0.25) is 4.79 Å². The van der Waals surface area contributed by atoms with Gasteiger partial charge in [0.05, 0.1) is 5.92 Å². The molecule has 0 fully saturated rings. The van der Waals surface area contributed by atoms with Crippen molar-refractivity contribution in [3.63, 3.8) is 0 Å². The van der Waals surface area contributed by atoms with E-state index in [2.05, 4.69) is 18.2 Å². The molecule has 0 aromatic heterocycles. The second-order valence-corrected chi connectivity index (χ2v) is 5.00. The highest BCUT2D eigenvalue weighted by atomic mass is 35.5. The molecule has 2 aromatic carbocycles. The Morgan fingerprint density at radius 3 is 2.29 bits per heavy atom. The molecule has 0 saturated heterocycles. The van der Waals surface area contributed by atoms with Gasteiger partial charge in [0, 0.05) is 0 Å². The summed E-state index contributed by atoms with van der Waals surface area (Å²) in [5.41, 5.74) is 0.999. The molecule has 17 heavy (non-hydrogen) atoms. The predicted molar refractivity (Wildman–Crippen MR) is 72.4 cm³/mol. The standard InChI is InChI=1S/C15H15ClO/c1-10(2)14(15(16)17)13-8-7-11-5-3-4-6-12(11)9-13/h3-10,14H,1-2H3. The van der Waals surface area contributed by atoms with E-state index in [9.17, 15) is 4.79 Å². The lowest BCUT2D eigenvalue weighted by molar-refractivity contribution is -0.113. The van der Waals surface area contributed by atoms with Crippen molar-refractivity contribution < 1.29 is 4.79 Å². The molecule has 88 valence electrons. The molecular weight excluding hydrogens is 232 g/mol. The molecule has 1 nitrogen and oxygen atoms in total. The van der Waals surface area contributed by atoms with E-state index in [0.717, 1.165) is 10.9 Å². The Morgan fingerprint density at radius 1 is 1.06 bits per heavy atom. The molecule has 0 aliphatic heterocycles. The first kappa shape index (κ1) is 12.1. The SMILES string of the molecule is CC(C)C(C(=O)Cl)c1ccc2ccccc2c1. The van der Waals surface area contributed by atoms with Crippen LogP contribution < -0.4 is 0 Å². The zero-order valence-corrected chi connectivity index (χ0v) is 10.7. The molecule has 2 aromatic rings. The summed E-state index contributed by atoms with van der Waals surface area (Å²) in [6, 6.07) is 14.2. The van der Waals surface area contributed by atoms with E-state index in [1.807, 2.05) is 38.1 Å². The van der Waals surface area contributed by atoms with Crippen LogP contribution in [0, 0.1) is 5.92 Å². The Morgan fingerprint density at radius 2 is 1.71 bits per heavy atom. The van der Waals surface area contributed by atoms with Crippen LogP contribution in [0.2, 0.25) is 0 Å². The van der Waals surface area contributed by atoms with Gasteiger partial charge in [0.15, 0.2) is 0 Å². The number of carbonyl (C=O) groups is 1. The first-order chi connectivity index (χ1) is 8.09. The van der Waals surface area contributed by atoms with Crippen LogP contribution in [0.15, 0.2) is 42.5 Å². The van der Waals surface area contributed by atoms with E-state index in [-0.39, 0.29) is 17.1 Å². The Balaban J connectivity index is 2.51. The number of hydrogen-bond donors (Lipinski definition) is 0. The maximum absolute atomic E-state index is 11.5. The molecule has 0 heterocycles. The van der Waals surface area contributed by atoms with Crippen LogP contribution in [0.1, 0.15) is 25.3 Å². The summed E-state index contributed by atoms with van der Waals surface area (Å²) < 4.78 is 0. The van der Waals surface area contributed by atoms with Crippen molar-refractivity contribution >= 4 is 27.6 Å². The summed E-state index contributed by atoms with van der Waals surface area (Å²) in [6.07, 6.45) is 0. The largest absolute Gasteiger partial charge is 0.281 e. The zero-order chi connectivity index (χ0) is 12.4. The van der Waals surface area contributed by atoms with Gasteiger partial charge in [-0.2, -0.15) is 0 Å². The first-order valence-corrected chi connectivity index (χ1v) is 6.15. The Labute approximate surface area is 106 Å². The quantitative estimate of drug-likeness (QED) is 0.736. The maximum atomic E-state index is 11.5. The predicted octanol–water partition coefficient (Wildman–Crippen LogP) is 4.34. The van der Waals surface area contributed by atoms with Gasteiger partial charge in [-0.25, -0.2) is 0 Å². The molecule has 0 amide bonds. The smallest absolute Gasteiger partial charge is 0.229 e. The van der Waals surface area contributed by atoms with Crippen LogP contribution in [-0.2, 0) is 4.79 Å². The second-order valence-electron chi connectivity index (χ2n) is 4.63. The van der Waals surface area contributed by atoms with Crippen LogP contribution in [0.4, 0.5) is 0 Å². The Kier molecular flexibility index (Phi) is 3.49. The highest BCUT2D eigenvalue weighted by Crippen LogP contribution is 2.29. The van der Waals surface area contributed by atoms with Crippen molar-refractivity contribution in [2.45, 2.75) is 19.8 Å². The molecule has 1 unspecified atom stereocenters. The van der Waals surface area contributed by atoms with Crippen LogP contribution in [-0.4, -0.2) is 5.24 Å². The third-order valence-corrected chi connectivity index (χ3v) is 3.28. The van der Waals surface area contributed by atoms with Gasteiger partial charge in [0.2, 0.25) is 5.24 Å². The van der Waals surface area contributed by atoms with Crippen molar-refractivity contribution in [1.29, 1.82) is 0 Å². The summed E-state index contributed by atoms with van der Waals surface area (Å²) >= 11 is 5.69. The number of hydrogen-bond acceptors (Lipinski definition) is 1. The number of benzene rings is 2. The van der Waals surface area contributed by atoms with E-state index < -0.39 is 0 Å². The van der Waals surface area contributed by atoms with Crippen LogP contribution >= 0.6 is 11.6 Å². The molecule has 0 N–H and O–H groups in total. The summed E-state index contributed by atoms with van der Waals surface area (Å²) in [7, 11) is 0. The Bertz CT molecular complexity index is 545. The van der Waals surface area contributed by atoms with Gasteiger partial charge < -0.3 is 0 Å². The normalized spacial score (nSPS) is 12.9. The molecule has 2 rings (SSSR count). The molecule has 2 heteroatoms. The minimum Gasteiger partial charge on any atom is -0.281 e. The number of rotatable bonds is 3. The fraction of sp³-hybridized carbons (Fsp3) is 0.267. The molecule has 0 aliphatic rings. The average molecular weight is 247 g/mol. The molecule has 0 aliphatic carbocycles. The fourth-order valence-corrected chi connectivity index (χ4v) is 2.56. The molecule has 0 spiro atoms. The van der Waals surface area contributed by atoms with Crippen LogP contribution in [0.5, 0.6) is 0 Å². The maximum Gasteiger partial charge on any atom is 0.229 e. The summed E-state index contributed by atoms with van der Waals surface area (Å²) in [6.45, 7) is 4.03. The van der Waals surface area contributed by atoms with Gasteiger partial charge in [-0.05, 0) is 33.9 Å². The van der Waals surface area contributed by atoms with Crippen molar-refractivity contribution in [2.24, 2.45) is 5.92 Å². The van der Waals surface area contributed by atoms with Crippen molar-refractivity contribution in [1.82, 2.24) is 0 Å². The summed E-state index contributed by atoms with van der Waals surface area (Å²) in [5, 5.41) is 2.05. The lowest BCUT2D eigenvalue weighted by atomic mass is 9.88. The first-order valence-electron chi connectivity index (χ1n) is 5.77. The van der Waals surface area contributed by atoms with E-state index in [1.165, 1.54) is 5.39 Å². The summed E-state index contributed by atoms with van der Waals surface area (Å²) in [4.78, 5) is 11.5. The monoisotopic (exact) mass is 246 g/mol. The third-order valence-electron chi connectivity index (χ3n) is 3.04. The Hall–Kier alpha value is -1.34. The molecule has 1 atom stereocenters. The van der Waals surface area contributed by atoms with E-state index in [1.54, 1.807) is 0 Å². The van der Waals surface area contributed by atoms with Crippen LogP contribution in [0.3, 0.4) is 0 Å². The minimum absolute atomic E-state index is 0.209. The lowest BCUT2D eigenvalue weighted by Crippen LogP contribution is -2.13. The van der Waals surface area contributed by atoms with E-state index in [0.29, 0.717) is 0 Å². The fourth-order valence-electron chi connectivity index (χ4n) is 2.18. The average Bonchev–Trinajstić information content (AvgIpc) is 2.28. The van der Waals surface area contributed by atoms with Crippen molar-refractivity contribution in [3.8, 4) is 0 Å². The highest BCUT2D eigenvalue weighted by molar-refractivity contribution is 6.64. The number of halogens is 1. The number of fused-ring (bicyclic) bond motifs is 1. The number of carbonyl (C=O) groups excluding carboxylic acids is 1. The van der Waals surface area contributed by atoms with Crippen molar-refractivity contribution in [3.05, 3.63) is 48.0 Å². The van der Waals surface area contributed by atoms with Gasteiger partial charge in [-0.1, -0.05) is 56.3 Å². The highest BCUT2D eigenvalue weighted by Gasteiger charge is 2.22. The molecule has 0 radical (unpaired) electrons. The third kappa shape index (κ3) is 2.50. The van der Waals surface area contributed by atoms with Gasteiger partial charge >= 0.3 is 0 Å². The lowest BCUT2D eigenvalue weighted by Gasteiger charge is -2.17. The van der Waals surface area contributed by atoms with Gasteiger partial charge in [0.25, 0.3) is 0 Å². The molecule has 0 saturated carbocycles. The van der Waals surface area contributed by atoms with E-state index in [4.69, 9.17) is 11.6 Å². The molecular formula is C15H15ClO. The van der Waals surface area contributed by atoms with Crippen LogP contribution in [0.25, 0.3) is 10.8 Å². The summed E-state index contributed by atoms with van der Waals surface area (Å²) in [5.74, 6) is -0.0116. The second kappa shape index (κ2) is 4.89. The van der Waals surface area contributed by atoms with E-state index >= 15 is 0 Å². The zero-order valence-electron chi connectivity index (χ0n) is 9.98. The topological polar surface area (TPSA) is 17.1 Å². The van der Waals surface area contributed by atoms with Gasteiger partial charge in [-0.15, -0.1) is 0 Å². The van der Waals surface area contributed by atoms with Gasteiger partial charge in [0.1, 0.15) is 0 Å². The minimum atomic E-state index is -0.282. The van der Waals surface area contributed by atoms with Crippen molar-refractivity contribution in [2.75, 3.05) is 0 Å². The molecule has 0 bridgehead atoms.